The van der Waals surface area contributed by atoms with Crippen molar-refractivity contribution in [3.05, 3.63) is 42.1 Å². The van der Waals surface area contributed by atoms with Crippen LogP contribution in [0.5, 0.6) is 0 Å². The molecule has 0 aliphatic carbocycles. The maximum absolute atomic E-state index is 4.50. The molecule has 1 fully saturated rings. The van der Waals surface area contributed by atoms with Crippen LogP contribution in [-0.2, 0) is 13.0 Å². The van der Waals surface area contributed by atoms with Gasteiger partial charge in [0.1, 0.15) is 11.6 Å². The molecule has 1 aliphatic rings. The monoisotopic (exact) mass is 323 g/mol. The summed E-state index contributed by atoms with van der Waals surface area (Å²) in [5.41, 5.74) is 1.95. The Labute approximate surface area is 140 Å². The van der Waals surface area contributed by atoms with Crippen LogP contribution < -0.4 is 10.2 Å². The third-order valence-corrected chi connectivity index (χ3v) is 4.41. The van der Waals surface area contributed by atoms with E-state index >= 15 is 0 Å². The largest absolute Gasteiger partial charge is 0.363 e. The second-order valence-electron chi connectivity index (χ2n) is 6.01. The molecular formula is C17H21N7. The van der Waals surface area contributed by atoms with Crippen LogP contribution in [0, 0.1) is 0 Å². The summed E-state index contributed by atoms with van der Waals surface area (Å²) in [5.74, 6) is 2.76. The van der Waals surface area contributed by atoms with E-state index in [4.69, 9.17) is 0 Å². The molecule has 1 saturated heterocycles. The van der Waals surface area contributed by atoms with E-state index in [1.807, 2.05) is 22.9 Å². The Kier molecular flexibility index (Phi) is 3.98. The Morgan fingerprint density at radius 1 is 1.12 bits per heavy atom. The molecule has 0 spiro atoms. The third kappa shape index (κ3) is 2.77. The molecule has 1 aliphatic heterocycles. The number of nitrogens with zero attached hydrogens (tertiary/aromatic N) is 6. The Morgan fingerprint density at radius 3 is 2.83 bits per heavy atom. The van der Waals surface area contributed by atoms with E-state index in [2.05, 4.69) is 43.4 Å². The fourth-order valence-electron chi connectivity index (χ4n) is 3.12. The molecule has 4 rings (SSSR count). The topological polar surface area (TPSA) is 71.2 Å². The van der Waals surface area contributed by atoms with Gasteiger partial charge in [-0.2, -0.15) is 0 Å². The quantitative estimate of drug-likeness (QED) is 0.777. The minimum Gasteiger partial charge on any atom is -0.363 e. The highest BCUT2D eigenvalue weighted by atomic mass is 15.3. The van der Waals surface area contributed by atoms with E-state index in [9.17, 15) is 0 Å². The predicted octanol–water partition coefficient (Wildman–Crippen LogP) is 2.29. The first-order chi connectivity index (χ1) is 11.8. The van der Waals surface area contributed by atoms with Crippen molar-refractivity contribution < 1.29 is 0 Å². The summed E-state index contributed by atoms with van der Waals surface area (Å²) in [6, 6.07) is 4.19. The molecule has 7 heteroatoms. The molecule has 124 valence electrons. The highest BCUT2D eigenvalue weighted by Crippen LogP contribution is 2.19. The lowest BCUT2D eigenvalue weighted by Crippen LogP contribution is -2.19. The van der Waals surface area contributed by atoms with Crippen molar-refractivity contribution in [1.82, 2.24) is 24.6 Å². The van der Waals surface area contributed by atoms with E-state index in [1.165, 1.54) is 18.4 Å². The van der Waals surface area contributed by atoms with Crippen LogP contribution in [0.4, 0.5) is 11.6 Å². The lowest BCUT2D eigenvalue weighted by atomic mass is 10.2. The molecule has 3 aromatic heterocycles. The van der Waals surface area contributed by atoms with Crippen LogP contribution in [0.1, 0.15) is 31.2 Å². The highest BCUT2D eigenvalue weighted by Gasteiger charge is 2.14. The lowest BCUT2D eigenvalue weighted by molar-refractivity contribution is 0.906. The molecular weight excluding hydrogens is 302 g/mol. The first kappa shape index (κ1) is 14.9. The van der Waals surface area contributed by atoms with Crippen molar-refractivity contribution in [2.45, 2.75) is 32.7 Å². The van der Waals surface area contributed by atoms with Crippen molar-refractivity contribution in [2.24, 2.45) is 0 Å². The number of nitrogens with one attached hydrogen (secondary N) is 1. The zero-order valence-electron chi connectivity index (χ0n) is 13.8. The van der Waals surface area contributed by atoms with Crippen LogP contribution >= 0.6 is 0 Å². The smallest absolute Gasteiger partial charge is 0.203 e. The van der Waals surface area contributed by atoms with Gasteiger partial charge in [-0.15, -0.1) is 10.2 Å². The number of hydrogen-bond acceptors (Lipinski definition) is 6. The second-order valence-corrected chi connectivity index (χ2v) is 6.01. The lowest BCUT2D eigenvalue weighted by Gasteiger charge is -2.17. The zero-order chi connectivity index (χ0) is 16.4. The van der Waals surface area contributed by atoms with Crippen molar-refractivity contribution in [1.29, 1.82) is 0 Å². The molecule has 7 nitrogen and oxygen atoms in total. The molecule has 0 atom stereocenters. The van der Waals surface area contributed by atoms with Crippen molar-refractivity contribution in [3.8, 4) is 0 Å². The fourth-order valence-corrected chi connectivity index (χ4v) is 3.12. The Bertz CT molecular complexity index is 836. The molecule has 0 bridgehead atoms. The SMILES string of the molecule is CCc1nnc2c(NCc3ccnc(N4CCCC4)c3)nccn12. The molecule has 4 heterocycles. The van der Waals surface area contributed by atoms with Gasteiger partial charge in [-0.25, -0.2) is 9.97 Å². The van der Waals surface area contributed by atoms with E-state index in [-0.39, 0.29) is 0 Å². The zero-order valence-corrected chi connectivity index (χ0v) is 13.8. The van der Waals surface area contributed by atoms with Gasteiger partial charge in [0.15, 0.2) is 5.82 Å². The van der Waals surface area contributed by atoms with E-state index in [1.54, 1.807) is 6.20 Å². The summed E-state index contributed by atoms with van der Waals surface area (Å²) in [7, 11) is 0. The predicted molar refractivity (Wildman–Crippen MR) is 93.2 cm³/mol. The first-order valence-electron chi connectivity index (χ1n) is 8.47. The van der Waals surface area contributed by atoms with Crippen molar-refractivity contribution >= 4 is 17.3 Å². The number of hydrogen-bond donors (Lipinski definition) is 1. The van der Waals surface area contributed by atoms with E-state index < -0.39 is 0 Å². The fraction of sp³-hybridized carbons (Fsp3) is 0.412. The van der Waals surface area contributed by atoms with Gasteiger partial charge >= 0.3 is 0 Å². The number of anilines is 2. The van der Waals surface area contributed by atoms with Gasteiger partial charge in [-0.05, 0) is 30.5 Å². The van der Waals surface area contributed by atoms with Gasteiger partial charge in [0.25, 0.3) is 0 Å². The number of aryl methyl sites for hydroxylation is 1. The number of rotatable bonds is 5. The number of fused-ring (bicyclic) bond motifs is 1. The van der Waals surface area contributed by atoms with Crippen molar-refractivity contribution in [2.75, 3.05) is 23.3 Å². The second kappa shape index (κ2) is 6.43. The molecule has 24 heavy (non-hydrogen) atoms. The van der Waals surface area contributed by atoms with Gasteiger partial charge in [0.2, 0.25) is 5.65 Å². The molecule has 0 unspecified atom stereocenters. The Hall–Kier alpha value is -2.70. The summed E-state index contributed by atoms with van der Waals surface area (Å²) in [5, 5.41) is 11.8. The maximum atomic E-state index is 4.50. The molecule has 1 N–H and O–H groups in total. The van der Waals surface area contributed by atoms with Gasteiger partial charge in [-0.1, -0.05) is 6.92 Å². The summed E-state index contributed by atoms with van der Waals surface area (Å²) in [4.78, 5) is 11.2. The maximum Gasteiger partial charge on any atom is 0.203 e. The molecule has 0 radical (unpaired) electrons. The van der Waals surface area contributed by atoms with E-state index in [0.717, 1.165) is 42.6 Å². The molecule has 0 amide bonds. The van der Waals surface area contributed by atoms with Gasteiger partial charge in [0, 0.05) is 44.6 Å². The van der Waals surface area contributed by atoms with Crippen LogP contribution in [0.15, 0.2) is 30.7 Å². The normalized spacial score (nSPS) is 14.5. The minimum atomic E-state index is 0.685. The van der Waals surface area contributed by atoms with Gasteiger partial charge in [0.05, 0.1) is 0 Å². The molecule has 3 aromatic rings. The Balaban J connectivity index is 1.53. The van der Waals surface area contributed by atoms with E-state index in [0.29, 0.717) is 6.54 Å². The summed E-state index contributed by atoms with van der Waals surface area (Å²) < 4.78 is 1.98. The average Bonchev–Trinajstić information content (AvgIpc) is 3.30. The average molecular weight is 323 g/mol. The Morgan fingerprint density at radius 2 is 2.00 bits per heavy atom. The number of pyridine rings is 1. The minimum absolute atomic E-state index is 0.685. The van der Waals surface area contributed by atoms with Crippen LogP contribution in [0.25, 0.3) is 5.65 Å². The summed E-state index contributed by atoms with van der Waals surface area (Å²) in [6.07, 6.45) is 8.90. The first-order valence-corrected chi connectivity index (χ1v) is 8.47. The summed E-state index contributed by atoms with van der Waals surface area (Å²) >= 11 is 0. The van der Waals surface area contributed by atoms with Crippen molar-refractivity contribution in [3.63, 3.8) is 0 Å². The van der Waals surface area contributed by atoms with Crippen LogP contribution in [0.2, 0.25) is 0 Å². The third-order valence-electron chi connectivity index (χ3n) is 4.41. The molecule has 0 aromatic carbocycles. The van der Waals surface area contributed by atoms with Gasteiger partial charge < -0.3 is 10.2 Å². The van der Waals surface area contributed by atoms with Crippen LogP contribution in [-0.4, -0.2) is 37.7 Å². The molecule has 0 saturated carbocycles. The van der Waals surface area contributed by atoms with Gasteiger partial charge in [-0.3, -0.25) is 4.40 Å². The highest BCUT2D eigenvalue weighted by molar-refractivity contribution is 5.62. The standard InChI is InChI=1S/C17H21N7/c1-2-14-21-22-17-16(19-7-10-24(14)17)20-12-13-5-6-18-15(11-13)23-8-3-4-9-23/h5-7,10-11H,2-4,8-9,12H2,1H3,(H,19,20). The number of aromatic nitrogens is 5. The van der Waals surface area contributed by atoms with Crippen LogP contribution in [0.3, 0.4) is 0 Å². The summed E-state index contributed by atoms with van der Waals surface area (Å²) in [6.45, 7) is 4.96.